The minimum Gasteiger partial charge on any atom is -0.493 e. The minimum atomic E-state index is -0.424. The summed E-state index contributed by atoms with van der Waals surface area (Å²) < 4.78 is 12.4. The van der Waals surface area contributed by atoms with Gasteiger partial charge >= 0.3 is 0 Å². The van der Waals surface area contributed by atoms with Gasteiger partial charge in [-0.15, -0.1) is 0 Å². The number of likely N-dealkylation sites (tertiary alicyclic amines) is 1. The molecule has 3 aliphatic heterocycles. The van der Waals surface area contributed by atoms with Crippen LogP contribution in [-0.4, -0.2) is 48.1 Å². The third-order valence-electron chi connectivity index (χ3n) is 6.47. The number of fused-ring (bicyclic) bond motifs is 4. The summed E-state index contributed by atoms with van der Waals surface area (Å²) in [5.74, 6) is 1.69. The molecule has 0 saturated carbocycles. The number of piperidine rings is 1. The highest BCUT2D eigenvalue weighted by atomic mass is 35.5. The molecule has 0 aromatic heterocycles. The maximum Gasteiger partial charge on any atom is 0.200 e. The second-order valence-corrected chi connectivity index (χ2v) is 8.42. The second-order valence-electron chi connectivity index (χ2n) is 7.98. The molecule has 0 N–H and O–H groups in total. The van der Waals surface area contributed by atoms with Gasteiger partial charge in [-0.1, -0.05) is 42.8 Å². The molecule has 3 aliphatic rings. The molecule has 1 saturated heterocycles. The summed E-state index contributed by atoms with van der Waals surface area (Å²) in [6.45, 7) is 5.30. The standard InChI is InChI=1S/C23H26ClN3O2/c1-3-26-13-11-23(12-14-26)27-20(18-5-4-6-21(28-2)22(18)29-23)15-19(25-27)16-7-9-17(24)10-8-16/h4-10,20H,3,11-15H2,1-2H3. The first-order chi connectivity index (χ1) is 14.1. The van der Waals surface area contributed by atoms with Gasteiger partial charge in [-0.3, -0.25) is 0 Å². The number of methoxy groups -OCH3 is 1. The Hall–Kier alpha value is -2.24. The summed E-state index contributed by atoms with van der Waals surface area (Å²) in [6, 6.07) is 14.3. The van der Waals surface area contributed by atoms with Gasteiger partial charge in [0.25, 0.3) is 0 Å². The van der Waals surface area contributed by atoms with Crippen molar-refractivity contribution in [3.63, 3.8) is 0 Å². The Labute approximate surface area is 176 Å². The lowest BCUT2D eigenvalue weighted by atomic mass is 9.90. The van der Waals surface area contributed by atoms with E-state index in [-0.39, 0.29) is 6.04 Å². The Bertz CT molecular complexity index is 936. The van der Waals surface area contributed by atoms with Gasteiger partial charge in [-0.2, -0.15) is 5.10 Å². The van der Waals surface area contributed by atoms with E-state index in [0.29, 0.717) is 0 Å². The van der Waals surface area contributed by atoms with E-state index in [2.05, 4.69) is 35.0 Å². The molecule has 3 heterocycles. The van der Waals surface area contributed by atoms with Crippen molar-refractivity contribution in [2.45, 2.75) is 38.0 Å². The molecule has 0 radical (unpaired) electrons. The van der Waals surface area contributed by atoms with Crippen LogP contribution in [0, 0.1) is 0 Å². The van der Waals surface area contributed by atoms with Crippen molar-refractivity contribution in [3.8, 4) is 11.5 Å². The van der Waals surface area contributed by atoms with Gasteiger partial charge in [-0.25, -0.2) is 5.01 Å². The maximum absolute atomic E-state index is 6.74. The summed E-state index contributed by atoms with van der Waals surface area (Å²) >= 11 is 6.10. The zero-order valence-corrected chi connectivity index (χ0v) is 17.7. The smallest absolute Gasteiger partial charge is 0.200 e. The first-order valence-corrected chi connectivity index (χ1v) is 10.7. The normalized spacial score (nSPS) is 22.7. The van der Waals surface area contributed by atoms with Crippen molar-refractivity contribution in [1.82, 2.24) is 9.91 Å². The highest BCUT2D eigenvalue weighted by Crippen LogP contribution is 2.52. The lowest BCUT2D eigenvalue weighted by Crippen LogP contribution is -2.59. The van der Waals surface area contributed by atoms with Crippen LogP contribution in [0.3, 0.4) is 0 Å². The summed E-state index contributed by atoms with van der Waals surface area (Å²) in [6.07, 6.45) is 2.70. The number of benzene rings is 2. The predicted molar refractivity (Wildman–Crippen MR) is 115 cm³/mol. The lowest BCUT2D eigenvalue weighted by molar-refractivity contribution is -0.150. The van der Waals surface area contributed by atoms with E-state index < -0.39 is 5.72 Å². The van der Waals surface area contributed by atoms with Crippen LogP contribution < -0.4 is 9.47 Å². The molecule has 0 aliphatic carbocycles. The number of hydrazone groups is 1. The van der Waals surface area contributed by atoms with E-state index >= 15 is 0 Å². The van der Waals surface area contributed by atoms with Gasteiger partial charge in [-0.05, 0) is 30.3 Å². The fourth-order valence-electron chi connectivity index (χ4n) is 4.80. The number of rotatable bonds is 3. The molecule has 2 aromatic carbocycles. The second kappa shape index (κ2) is 7.22. The molecule has 29 heavy (non-hydrogen) atoms. The number of hydrogen-bond acceptors (Lipinski definition) is 5. The molecule has 1 spiro atoms. The first kappa shape index (κ1) is 18.8. The SMILES string of the molecule is CCN1CCC2(CC1)Oc1c(OC)cccc1C1CC(c3ccc(Cl)cc3)=NN12. The van der Waals surface area contributed by atoms with Crippen molar-refractivity contribution in [2.75, 3.05) is 26.7 Å². The molecule has 152 valence electrons. The molecular formula is C23H26ClN3O2. The van der Waals surface area contributed by atoms with Crippen LogP contribution in [0.1, 0.15) is 43.4 Å². The van der Waals surface area contributed by atoms with Crippen LogP contribution >= 0.6 is 11.6 Å². The summed E-state index contributed by atoms with van der Waals surface area (Å²) in [5.41, 5.74) is 2.94. The highest BCUT2D eigenvalue weighted by Gasteiger charge is 2.52. The van der Waals surface area contributed by atoms with Gasteiger partial charge in [0.2, 0.25) is 5.72 Å². The highest BCUT2D eigenvalue weighted by molar-refractivity contribution is 6.30. The molecular weight excluding hydrogens is 386 g/mol. The molecule has 0 bridgehead atoms. The monoisotopic (exact) mass is 411 g/mol. The number of para-hydroxylation sites is 1. The van der Waals surface area contributed by atoms with Gasteiger partial charge in [0, 0.05) is 42.9 Å². The Morgan fingerprint density at radius 3 is 2.62 bits per heavy atom. The molecule has 6 heteroatoms. The Balaban J connectivity index is 1.57. The summed E-state index contributed by atoms with van der Waals surface area (Å²) in [4.78, 5) is 2.47. The van der Waals surface area contributed by atoms with Crippen LogP contribution in [0.5, 0.6) is 11.5 Å². The van der Waals surface area contributed by atoms with Crippen molar-refractivity contribution in [1.29, 1.82) is 0 Å². The average molecular weight is 412 g/mol. The Morgan fingerprint density at radius 2 is 1.93 bits per heavy atom. The van der Waals surface area contributed by atoms with Gasteiger partial charge in [0.15, 0.2) is 11.5 Å². The van der Waals surface area contributed by atoms with Crippen molar-refractivity contribution in [2.24, 2.45) is 5.10 Å². The average Bonchev–Trinajstić information content (AvgIpc) is 3.21. The minimum absolute atomic E-state index is 0.160. The Morgan fingerprint density at radius 1 is 1.17 bits per heavy atom. The molecule has 1 atom stereocenters. The molecule has 2 aromatic rings. The maximum atomic E-state index is 6.74. The van der Waals surface area contributed by atoms with Crippen LogP contribution in [0.4, 0.5) is 0 Å². The number of ether oxygens (including phenoxy) is 2. The molecule has 0 amide bonds. The van der Waals surface area contributed by atoms with E-state index in [1.807, 2.05) is 24.3 Å². The van der Waals surface area contributed by atoms with Crippen molar-refractivity contribution >= 4 is 17.3 Å². The van der Waals surface area contributed by atoms with E-state index in [4.69, 9.17) is 26.2 Å². The van der Waals surface area contributed by atoms with Gasteiger partial charge < -0.3 is 14.4 Å². The fraction of sp³-hybridized carbons (Fsp3) is 0.435. The van der Waals surface area contributed by atoms with E-state index in [0.717, 1.165) is 72.3 Å². The fourth-order valence-corrected chi connectivity index (χ4v) is 4.92. The van der Waals surface area contributed by atoms with Crippen molar-refractivity contribution in [3.05, 3.63) is 58.6 Å². The third-order valence-corrected chi connectivity index (χ3v) is 6.72. The van der Waals surface area contributed by atoms with Gasteiger partial charge in [0.1, 0.15) is 0 Å². The van der Waals surface area contributed by atoms with E-state index in [1.54, 1.807) is 7.11 Å². The summed E-state index contributed by atoms with van der Waals surface area (Å²) in [7, 11) is 1.71. The molecule has 1 unspecified atom stereocenters. The van der Waals surface area contributed by atoms with Crippen molar-refractivity contribution < 1.29 is 9.47 Å². The molecule has 1 fully saturated rings. The number of hydrogen-bond donors (Lipinski definition) is 0. The quantitative estimate of drug-likeness (QED) is 0.733. The third kappa shape index (κ3) is 3.08. The predicted octanol–water partition coefficient (Wildman–Crippen LogP) is 4.70. The first-order valence-electron chi connectivity index (χ1n) is 10.3. The van der Waals surface area contributed by atoms with E-state index in [9.17, 15) is 0 Å². The zero-order valence-electron chi connectivity index (χ0n) is 16.9. The zero-order chi connectivity index (χ0) is 20.0. The molecule has 5 nitrogen and oxygen atoms in total. The summed E-state index contributed by atoms with van der Waals surface area (Å²) in [5, 5.41) is 8.10. The van der Waals surface area contributed by atoms with E-state index in [1.165, 1.54) is 0 Å². The van der Waals surface area contributed by atoms with Crippen LogP contribution in [-0.2, 0) is 0 Å². The van der Waals surface area contributed by atoms with Crippen LogP contribution in [0.2, 0.25) is 5.02 Å². The lowest BCUT2D eigenvalue weighted by Gasteiger charge is -2.51. The number of nitrogens with zero attached hydrogens (tertiary/aromatic N) is 3. The van der Waals surface area contributed by atoms with Crippen LogP contribution in [0.25, 0.3) is 0 Å². The largest absolute Gasteiger partial charge is 0.493 e. The topological polar surface area (TPSA) is 37.3 Å². The van der Waals surface area contributed by atoms with Gasteiger partial charge in [0.05, 0.1) is 18.9 Å². The van der Waals surface area contributed by atoms with Crippen LogP contribution in [0.15, 0.2) is 47.6 Å². The Kier molecular flexibility index (Phi) is 4.67. The number of halogens is 1. The molecule has 5 rings (SSSR count).